The molecule has 0 bridgehead atoms. The van der Waals surface area contributed by atoms with E-state index in [9.17, 15) is 8.42 Å². The van der Waals surface area contributed by atoms with E-state index in [0.717, 1.165) is 28.5 Å². The fourth-order valence-electron chi connectivity index (χ4n) is 3.03. The van der Waals surface area contributed by atoms with Gasteiger partial charge in [-0.3, -0.25) is 4.57 Å². The summed E-state index contributed by atoms with van der Waals surface area (Å²) in [4.78, 5) is 6.32. The van der Waals surface area contributed by atoms with Crippen molar-refractivity contribution in [1.82, 2.24) is 9.55 Å². The first-order valence-corrected chi connectivity index (χ1v) is 12.5. The molecule has 1 heterocycles. The quantitative estimate of drug-likeness (QED) is 0.341. The zero-order valence-corrected chi connectivity index (χ0v) is 18.6. The first-order valence-electron chi connectivity index (χ1n) is 9.23. The second-order valence-corrected chi connectivity index (χ2v) is 10.3. The summed E-state index contributed by atoms with van der Waals surface area (Å²) in [6.07, 6.45) is 3.20. The molecule has 0 fully saturated rings. The standard InChI is InChI=1S/C23H19ClN2O2S2/c1-30(27,28)22-13-11-20(12-14-22)26-15-19(16-29-21-5-3-2-4-6-21)25-23(26)17-7-9-18(24)10-8-17/h2-15H,16H2,1H3. The van der Waals surface area contributed by atoms with Crippen LogP contribution < -0.4 is 0 Å². The lowest BCUT2D eigenvalue weighted by atomic mass is 10.2. The van der Waals surface area contributed by atoms with Crippen LogP contribution in [0.15, 0.2) is 94.9 Å². The molecular formula is C23H19ClN2O2S2. The molecule has 1 aromatic heterocycles. The van der Waals surface area contributed by atoms with E-state index in [-0.39, 0.29) is 0 Å². The number of aromatic nitrogens is 2. The minimum atomic E-state index is -3.25. The van der Waals surface area contributed by atoms with Crippen LogP contribution in [-0.2, 0) is 15.6 Å². The molecule has 0 N–H and O–H groups in total. The first kappa shape index (κ1) is 20.7. The van der Waals surface area contributed by atoms with Gasteiger partial charge in [0.2, 0.25) is 0 Å². The number of benzene rings is 3. The summed E-state index contributed by atoms with van der Waals surface area (Å²) in [5.74, 6) is 1.50. The third-order valence-electron chi connectivity index (χ3n) is 4.53. The van der Waals surface area contributed by atoms with Gasteiger partial charge in [0.15, 0.2) is 9.84 Å². The molecule has 0 saturated carbocycles. The van der Waals surface area contributed by atoms with Crippen LogP contribution in [0, 0.1) is 0 Å². The molecule has 4 aromatic rings. The van der Waals surface area contributed by atoms with Gasteiger partial charge in [0.25, 0.3) is 0 Å². The number of sulfone groups is 1. The summed E-state index contributed by atoms with van der Waals surface area (Å²) < 4.78 is 25.6. The summed E-state index contributed by atoms with van der Waals surface area (Å²) in [7, 11) is -3.25. The lowest BCUT2D eigenvalue weighted by Crippen LogP contribution is -1.99. The first-order chi connectivity index (χ1) is 14.4. The highest BCUT2D eigenvalue weighted by molar-refractivity contribution is 7.98. The molecule has 0 spiro atoms. The second kappa shape index (κ2) is 8.68. The SMILES string of the molecule is CS(=O)(=O)c1ccc(-n2cc(CSc3ccccc3)nc2-c2ccc(Cl)cc2)cc1. The monoisotopic (exact) mass is 454 g/mol. The van der Waals surface area contributed by atoms with Crippen LogP contribution in [0.25, 0.3) is 17.1 Å². The average Bonchev–Trinajstić information content (AvgIpc) is 3.17. The average molecular weight is 455 g/mol. The van der Waals surface area contributed by atoms with E-state index in [4.69, 9.17) is 16.6 Å². The molecule has 0 radical (unpaired) electrons. The summed E-state index contributed by atoms with van der Waals surface area (Å²) in [6.45, 7) is 0. The van der Waals surface area contributed by atoms with Gasteiger partial charge in [0, 0.05) is 39.4 Å². The van der Waals surface area contributed by atoms with E-state index in [1.807, 2.05) is 53.2 Å². The zero-order chi connectivity index (χ0) is 21.1. The molecule has 0 aliphatic heterocycles. The Kier molecular flexibility index (Phi) is 5.99. The van der Waals surface area contributed by atoms with Gasteiger partial charge in [-0.25, -0.2) is 13.4 Å². The van der Waals surface area contributed by atoms with Gasteiger partial charge in [0.05, 0.1) is 10.6 Å². The number of halogens is 1. The normalized spacial score (nSPS) is 11.5. The molecule has 4 nitrogen and oxygen atoms in total. The Balaban J connectivity index is 1.71. The Labute approximate surface area is 185 Å². The third-order valence-corrected chi connectivity index (χ3v) is 6.96. The number of hydrogen-bond donors (Lipinski definition) is 0. The molecule has 7 heteroatoms. The molecule has 3 aromatic carbocycles. The van der Waals surface area contributed by atoms with E-state index < -0.39 is 9.84 Å². The Morgan fingerprint density at radius 1 is 0.933 bits per heavy atom. The highest BCUT2D eigenvalue weighted by Gasteiger charge is 2.14. The van der Waals surface area contributed by atoms with E-state index in [1.54, 1.807) is 36.0 Å². The summed E-state index contributed by atoms with van der Waals surface area (Å²) >= 11 is 7.77. The summed E-state index contributed by atoms with van der Waals surface area (Å²) in [5, 5.41) is 0.661. The van der Waals surface area contributed by atoms with Gasteiger partial charge >= 0.3 is 0 Å². The van der Waals surface area contributed by atoms with Gasteiger partial charge in [0.1, 0.15) is 5.82 Å². The lowest BCUT2D eigenvalue weighted by molar-refractivity contribution is 0.602. The van der Waals surface area contributed by atoms with Crippen molar-refractivity contribution in [3.8, 4) is 17.1 Å². The minimum absolute atomic E-state index is 0.291. The number of nitrogens with zero attached hydrogens (tertiary/aromatic N) is 2. The molecule has 0 atom stereocenters. The van der Waals surface area contributed by atoms with E-state index in [0.29, 0.717) is 9.92 Å². The van der Waals surface area contributed by atoms with Crippen LogP contribution in [-0.4, -0.2) is 24.2 Å². The van der Waals surface area contributed by atoms with Crippen molar-refractivity contribution in [2.75, 3.05) is 6.26 Å². The van der Waals surface area contributed by atoms with Gasteiger partial charge in [-0.05, 0) is 60.7 Å². The molecule has 0 unspecified atom stereocenters. The van der Waals surface area contributed by atoms with Crippen molar-refractivity contribution in [2.24, 2.45) is 0 Å². The largest absolute Gasteiger partial charge is 0.299 e. The topological polar surface area (TPSA) is 52.0 Å². The number of imidazole rings is 1. The maximum absolute atomic E-state index is 11.8. The maximum Gasteiger partial charge on any atom is 0.175 e. The van der Waals surface area contributed by atoms with E-state index in [2.05, 4.69) is 12.1 Å². The number of rotatable bonds is 6. The van der Waals surface area contributed by atoms with Gasteiger partial charge in [-0.2, -0.15) is 0 Å². The van der Waals surface area contributed by atoms with Crippen LogP contribution in [0.3, 0.4) is 0 Å². The van der Waals surface area contributed by atoms with Crippen molar-refractivity contribution in [2.45, 2.75) is 15.5 Å². The highest BCUT2D eigenvalue weighted by atomic mass is 35.5. The van der Waals surface area contributed by atoms with Crippen molar-refractivity contribution in [1.29, 1.82) is 0 Å². The molecular weight excluding hydrogens is 436 g/mol. The number of thioether (sulfide) groups is 1. The van der Waals surface area contributed by atoms with Gasteiger partial charge < -0.3 is 0 Å². The Hall–Kier alpha value is -2.54. The van der Waals surface area contributed by atoms with E-state index in [1.165, 1.54) is 11.2 Å². The predicted molar refractivity (Wildman–Crippen MR) is 123 cm³/mol. The van der Waals surface area contributed by atoms with Crippen LogP contribution in [0.4, 0.5) is 0 Å². The van der Waals surface area contributed by atoms with Crippen molar-refractivity contribution >= 4 is 33.2 Å². The van der Waals surface area contributed by atoms with Crippen molar-refractivity contribution in [3.05, 3.63) is 95.8 Å². The number of hydrogen-bond acceptors (Lipinski definition) is 4. The Morgan fingerprint density at radius 2 is 1.60 bits per heavy atom. The highest BCUT2D eigenvalue weighted by Crippen LogP contribution is 2.28. The van der Waals surface area contributed by atoms with Crippen molar-refractivity contribution < 1.29 is 8.42 Å². The smallest absolute Gasteiger partial charge is 0.175 e. The maximum atomic E-state index is 11.8. The lowest BCUT2D eigenvalue weighted by Gasteiger charge is -2.09. The molecule has 30 heavy (non-hydrogen) atoms. The Morgan fingerprint density at radius 3 is 2.23 bits per heavy atom. The molecule has 0 amide bonds. The van der Waals surface area contributed by atoms with Gasteiger partial charge in [-0.1, -0.05) is 29.8 Å². The Bertz CT molecular complexity index is 1250. The second-order valence-electron chi connectivity index (χ2n) is 6.80. The third kappa shape index (κ3) is 4.78. The van der Waals surface area contributed by atoms with Crippen LogP contribution in [0.2, 0.25) is 5.02 Å². The van der Waals surface area contributed by atoms with E-state index >= 15 is 0 Å². The molecule has 0 saturated heterocycles. The molecule has 0 aliphatic carbocycles. The van der Waals surface area contributed by atoms with Gasteiger partial charge in [-0.15, -0.1) is 11.8 Å². The zero-order valence-electron chi connectivity index (χ0n) is 16.2. The van der Waals surface area contributed by atoms with Crippen molar-refractivity contribution in [3.63, 3.8) is 0 Å². The summed E-state index contributed by atoms with van der Waals surface area (Å²) in [5.41, 5.74) is 2.71. The predicted octanol–water partition coefficient (Wildman–Crippen LogP) is 5.89. The van der Waals surface area contributed by atoms with Crippen LogP contribution >= 0.6 is 23.4 Å². The molecule has 4 rings (SSSR count). The summed E-state index contributed by atoms with van der Waals surface area (Å²) in [6, 6.07) is 24.5. The van der Waals surface area contributed by atoms with Crippen LogP contribution in [0.5, 0.6) is 0 Å². The molecule has 0 aliphatic rings. The fourth-order valence-corrected chi connectivity index (χ4v) is 4.59. The fraction of sp³-hybridized carbons (Fsp3) is 0.0870. The van der Waals surface area contributed by atoms with Crippen LogP contribution in [0.1, 0.15) is 5.69 Å². The molecule has 152 valence electrons. The minimum Gasteiger partial charge on any atom is -0.299 e.